The molecule has 0 fully saturated rings. The number of carbonyl (C=O) groups is 2. The van der Waals surface area contributed by atoms with Crippen molar-refractivity contribution >= 4 is 75.0 Å². The van der Waals surface area contributed by atoms with Crippen LogP contribution in [0.2, 0.25) is 5.02 Å². The first-order valence-electron chi connectivity index (χ1n) is 13.7. The van der Waals surface area contributed by atoms with Gasteiger partial charge in [-0.3, -0.25) is 5.43 Å². The number of urea groups is 1. The average molecular weight is 861 g/mol. The lowest BCUT2D eigenvalue weighted by atomic mass is 9.95. The van der Waals surface area contributed by atoms with Gasteiger partial charge in [0.1, 0.15) is 19.0 Å². The maximum Gasteiger partial charge on any atom is 0.337 e. The predicted octanol–water partition coefficient (Wildman–Crippen LogP) is 5.65. The number of nitrogens with one attached hydrogen (secondary N) is 3. The van der Waals surface area contributed by atoms with Gasteiger partial charge in [-0.1, -0.05) is 29.8 Å². The highest BCUT2D eigenvalue weighted by Gasteiger charge is 2.32. The maximum atomic E-state index is 12.5. The van der Waals surface area contributed by atoms with Gasteiger partial charge in [0.25, 0.3) is 0 Å². The van der Waals surface area contributed by atoms with E-state index < -0.39 is 24.3 Å². The average Bonchev–Trinajstić information content (AvgIpc) is 3.00. The second-order valence-corrected chi connectivity index (χ2v) is 12.5. The largest absolute Gasteiger partial charge is 0.490 e. The molecular weight excluding hydrogens is 830 g/mol. The van der Waals surface area contributed by atoms with Crippen LogP contribution >= 0.6 is 56.8 Å². The van der Waals surface area contributed by atoms with E-state index >= 15 is 0 Å². The topological polar surface area (TPSA) is 140 Å². The monoisotopic (exact) mass is 860 g/mol. The number of hydrogen-bond acceptors (Lipinski definition) is 9. The van der Waals surface area contributed by atoms with Gasteiger partial charge in [-0.15, -0.1) is 0 Å². The molecule has 4 N–H and O–H groups in total. The number of halogens is 3. The highest BCUT2D eigenvalue weighted by Crippen LogP contribution is 2.35. The first-order chi connectivity index (χ1) is 21.6. The molecule has 0 unspecified atom stereocenters. The van der Waals surface area contributed by atoms with Crippen LogP contribution in [-0.4, -0.2) is 49.9 Å². The van der Waals surface area contributed by atoms with E-state index in [-0.39, 0.29) is 12.2 Å². The highest BCUT2D eigenvalue weighted by molar-refractivity contribution is 14.1. The number of ether oxygens (including phenoxy) is 4. The van der Waals surface area contributed by atoms with Crippen molar-refractivity contribution in [3.63, 3.8) is 0 Å². The van der Waals surface area contributed by atoms with Crippen LogP contribution in [0.25, 0.3) is 0 Å². The van der Waals surface area contributed by atoms with Crippen LogP contribution in [0.4, 0.5) is 4.79 Å². The zero-order valence-electron chi connectivity index (χ0n) is 24.5. The number of hydrogen-bond donors (Lipinski definition) is 4. The molecule has 11 nitrogen and oxygen atoms in total. The summed E-state index contributed by atoms with van der Waals surface area (Å²) in [5.74, 6) is 0.819. The Balaban J connectivity index is 1.42. The van der Waals surface area contributed by atoms with Crippen molar-refractivity contribution in [2.24, 2.45) is 5.10 Å². The Morgan fingerprint density at radius 2 is 1.87 bits per heavy atom. The van der Waals surface area contributed by atoms with E-state index in [0.29, 0.717) is 46.7 Å². The van der Waals surface area contributed by atoms with Crippen LogP contribution in [-0.2, 0) is 16.1 Å². The van der Waals surface area contributed by atoms with Gasteiger partial charge in [0, 0.05) is 19.9 Å². The van der Waals surface area contributed by atoms with Crippen molar-refractivity contribution in [1.29, 1.82) is 0 Å². The summed E-state index contributed by atoms with van der Waals surface area (Å²) < 4.78 is 24.6. The quantitative estimate of drug-likeness (QED) is 0.0570. The second kappa shape index (κ2) is 16.3. The van der Waals surface area contributed by atoms with Gasteiger partial charge in [0.15, 0.2) is 17.7 Å². The number of benzene rings is 3. The molecule has 0 aliphatic carbocycles. The van der Waals surface area contributed by atoms with E-state index in [4.69, 9.17) is 30.5 Å². The highest BCUT2D eigenvalue weighted by atomic mass is 127. The molecule has 1 aliphatic heterocycles. The van der Waals surface area contributed by atoms with Crippen molar-refractivity contribution < 1.29 is 33.6 Å². The summed E-state index contributed by atoms with van der Waals surface area (Å²) in [7, 11) is 1.28. The van der Waals surface area contributed by atoms with Crippen molar-refractivity contribution in [1.82, 2.24) is 16.1 Å². The molecule has 1 heterocycles. The van der Waals surface area contributed by atoms with Gasteiger partial charge >= 0.3 is 12.0 Å². The van der Waals surface area contributed by atoms with Gasteiger partial charge in [-0.2, -0.15) is 5.10 Å². The molecular formula is C31H31ClI2N4O7. The number of carbonyl (C=O) groups excluding carboxylic acids is 2. The molecule has 2 atom stereocenters. The summed E-state index contributed by atoms with van der Waals surface area (Å²) in [5.41, 5.74) is 5.62. The Morgan fingerprint density at radius 1 is 1.11 bits per heavy atom. The van der Waals surface area contributed by atoms with Crippen LogP contribution < -0.4 is 30.3 Å². The number of hydrazone groups is 1. The van der Waals surface area contributed by atoms with Crippen molar-refractivity contribution in [3.05, 3.63) is 94.7 Å². The van der Waals surface area contributed by atoms with Crippen LogP contribution in [0, 0.1) is 7.14 Å². The minimum absolute atomic E-state index is 0.156. The smallest absolute Gasteiger partial charge is 0.337 e. The van der Waals surface area contributed by atoms with Crippen LogP contribution in [0.5, 0.6) is 17.2 Å². The van der Waals surface area contributed by atoms with E-state index in [0.717, 1.165) is 18.3 Å². The number of aliphatic hydroxyl groups excluding tert-OH is 1. The van der Waals surface area contributed by atoms with E-state index in [2.05, 4.69) is 66.3 Å². The number of esters is 1. The number of allylic oxidation sites excluding steroid dienone is 1. The van der Waals surface area contributed by atoms with Gasteiger partial charge < -0.3 is 34.7 Å². The van der Waals surface area contributed by atoms with Gasteiger partial charge in [0.05, 0.1) is 35.1 Å². The zero-order valence-corrected chi connectivity index (χ0v) is 29.6. The third kappa shape index (κ3) is 9.37. The lowest BCUT2D eigenvalue weighted by Gasteiger charge is -2.28. The second-order valence-electron chi connectivity index (χ2n) is 9.64. The summed E-state index contributed by atoms with van der Waals surface area (Å²) in [6.07, 6.45) is 0.420. The van der Waals surface area contributed by atoms with Crippen molar-refractivity contribution in [2.75, 3.05) is 20.3 Å². The van der Waals surface area contributed by atoms with E-state index in [1.54, 1.807) is 31.3 Å². The fraction of sp³-hybridized carbons (Fsp3) is 0.258. The molecule has 3 aromatic rings. The first-order valence-corrected chi connectivity index (χ1v) is 16.2. The minimum Gasteiger partial charge on any atom is -0.490 e. The minimum atomic E-state index is -1.16. The lowest BCUT2D eigenvalue weighted by molar-refractivity contribution is -0.136. The number of rotatable bonds is 13. The van der Waals surface area contributed by atoms with E-state index in [9.17, 15) is 14.7 Å². The molecule has 1 aliphatic rings. The Morgan fingerprint density at radius 3 is 2.58 bits per heavy atom. The maximum absolute atomic E-state index is 12.5. The van der Waals surface area contributed by atoms with Crippen LogP contribution in [0.15, 0.2) is 71.0 Å². The Hall–Kier alpha value is -3.28. The van der Waals surface area contributed by atoms with Crippen molar-refractivity contribution in [2.45, 2.75) is 32.7 Å². The molecule has 14 heteroatoms. The SMILES string of the molecule is CCOc1cc([C@H]2NC(=O)NC(C)=C2C(=O)OC)ccc1OC[C@H](O)N/N=C/c1cc(I)cc(I)c1OCc1ccc(Cl)cc1. The summed E-state index contributed by atoms with van der Waals surface area (Å²) >= 11 is 10.4. The van der Waals surface area contributed by atoms with Gasteiger partial charge in [0.2, 0.25) is 0 Å². The first kappa shape index (κ1) is 34.6. The molecule has 45 heavy (non-hydrogen) atoms. The molecule has 0 saturated carbocycles. The third-order valence-electron chi connectivity index (χ3n) is 6.43. The molecule has 4 rings (SSSR count). The number of aliphatic hydroxyl groups is 1. The summed E-state index contributed by atoms with van der Waals surface area (Å²) in [6.45, 7) is 3.97. The molecule has 238 valence electrons. The Bertz CT molecular complexity index is 1600. The summed E-state index contributed by atoms with van der Waals surface area (Å²) in [5, 5.41) is 20.8. The number of methoxy groups -OCH3 is 1. The number of amides is 2. The fourth-order valence-corrected chi connectivity index (χ4v) is 6.55. The fourth-order valence-electron chi connectivity index (χ4n) is 4.38. The number of nitrogens with zero attached hydrogens (tertiary/aromatic N) is 1. The van der Waals surface area contributed by atoms with Crippen LogP contribution in [0.3, 0.4) is 0 Å². The molecule has 0 bridgehead atoms. The van der Waals surface area contributed by atoms with Crippen LogP contribution in [0.1, 0.15) is 36.6 Å². The standard InChI is InChI=1S/C31H31ClI2N4O7/c1-4-43-25-12-19(28-27(30(40)42-3)17(2)36-31(41)37-28)7-10-24(25)44-16-26(39)38-35-14-20-11-22(33)13-23(34)29(20)45-15-18-5-8-21(32)9-6-18/h5-14,26,28,38-39H,4,15-16H2,1-3H3,(H2,36,37,41)/b35-14+/t26-,28+/m0/s1. The lowest BCUT2D eigenvalue weighted by Crippen LogP contribution is -2.45. The molecule has 0 saturated heterocycles. The molecule has 2 amide bonds. The Kier molecular flexibility index (Phi) is 12.6. The molecule has 0 spiro atoms. The zero-order chi connectivity index (χ0) is 32.5. The van der Waals surface area contributed by atoms with Gasteiger partial charge in [-0.05, 0) is 107 Å². The molecule has 0 radical (unpaired) electrons. The predicted molar refractivity (Wildman–Crippen MR) is 187 cm³/mol. The normalized spacial score (nSPS) is 15.3. The summed E-state index contributed by atoms with van der Waals surface area (Å²) in [6, 6.07) is 15.2. The van der Waals surface area contributed by atoms with E-state index in [1.807, 2.05) is 43.3 Å². The summed E-state index contributed by atoms with van der Waals surface area (Å²) in [4.78, 5) is 24.6. The third-order valence-corrected chi connectivity index (χ3v) is 8.11. The van der Waals surface area contributed by atoms with E-state index in [1.165, 1.54) is 7.11 Å². The molecule has 3 aromatic carbocycles. The molecule has 0 aromatic heterocycles. The Labute approximate surface area is 293 Å². The van der Waals surface area contributed by atoms with Gasteiger partial charge in [-0.25, -0.2) is 9.59 Å². The van der Waals surface area contributed by atoms with Crippen molar-refractivity contribution in [3.8, 4) is 17.2 Å².